The number of amides is 2. The molecule has 2 atom stereocenters. The van der Waals surface area contributed by atoms with Crippen LogP contribution in [0, 0.1) is 12.8 Å². The fraction of sp³-hybridized carbons (Fsp3) is 0.750. The summed E-state index contributed by atoms with van der Waals surface area (Å²) >= 11 is 1.71. The lowest BCUT2D eigenvalue weighted by molar-refractivity contribution is 0.0739. The first-order valence-corrected chi connectivity index (χ1v) is 9.06. The number of hydrogen-bond donors (Lipinski definition) is 2. The highest BCUT2D eigenvalue weighted by molar-refractivity contribution is 7.09. The molecule has 1 saturated heterocycles. The first kappa shape index (κ1) is 17.2. The second-order valence-corrected chi connectivity index (χ2v) is 7.10. The molecule has 2 rings (SSSR count). The molecule has 2 N–H and O–H groups in total. The minimum absolute atomic E-state index is 0.00967. The molecule has 1 aliphatic heterocycles. The summed E-state index contributed by atoms with van der Waals surface area (Å²) in [6, 6.07) is 0.00967. The number of unbranched alkanes of at least 4 members (excludes halogenated alkanes) is 1. The highest BCUT2D eigenvalue weighted by Gasteiger charge is 2.26. The van der Waals surface area contributed by atoms with Crippen LogP contribution in [0.1, 0.15) is 43.3 Å². The molecule has 22 heavy (non-hydrogen) atoms. The van der Waals surface area contributed by atoms with Crippen LogP contribution in [-0.2, 0) is 6.42 Å². The van der Waals surface area contributed by atoms with Gasteiger partial charge in [0.15, 0.2) is 0 Å². The van der Waals surface area contributed by atoms with Gasteiger partial charge in [-0.25, -0.2) is 9.78 Å². The van der Waals surface area contributed by atoms with Crippen LogP contribution in [0.4, 0.5) is 4.79 Å². The summed E-state index contributed by atoms with van der Waals surface area (Å²) in [5.41, 5.74) is 1.09. The Hall–Kier alpha value is -1.14. The fourth-order valence-corrected chi connectivity index (χ4v) is 3.63. The zero-order chi connectivity index (χ0) is 15.9. The number of hydrogen-bond acceptors (Lipinski definition) is 4. The van der Waals surface area contributed by atoms with Crippen molar-refractivity contribution in [2.24, 2.45) is 5.92 Å². The molecule has 5 nitrogen and oxygen atoms in total. The normalized spacial score (nSPS) is 20.0. The largest absolute Gasteiger partial charge is 0.393 e. The van der Waals surface area contributed by atoms with E-state index in [1.165, 1.54) is 5.01 Å². The third kappa shape index (κ3) is 5.25. The number of thiazole rings is 1. The molecule has 2 unspecified atom stereocenters. The summed E-state index contributed by atoms with van der Waals surface area (Å²) in [6.45, 7) is 6.00. The van der Waals surface area contributed by atoms with E-state index in [1.54, 1.807) is 11.3 Å². The number of nitrogens with one attached hydrogen (secondary N) is 1. The maximum Gasteiger partial charge on any atom is 0.317 e. The minimum atomic E-state index is -0.336. The molecule has 1 aliphatic rings. The summed E-state index contributed by atoms with van der Waals surface area (Å²) in [7, 11) is 0. The molecule has 0 bridgehead atoms. The van der Waals surface area contributed by atoms with E-state index in [2.05, 4.69) is 15.7 Å². The van der Waals surface area contributed by atoms with Gasteiger partial charge in [-0.05, 0) is 46.0 Å². The predicted octanol–water partition coefficient (Wildman–Crippen LogP) is 2.58. The molecular formula is C16H27N3O2S. The third-order valence-electron chi connectivity index (χ3n) is 4.19. The van der Waals surface area contributed by atoms with Crippen molar-refractivity contribution in [3.8, 4) is 0 Å². The van der Waals surface area contributed by atoms with Crippen molar-refractivity contribution in [3.63, 3.8) is 0 Å². The SMILES string of the molecule is Cc1csc(CCCCNC(=O)N2CCCC(C(C)O)C2)n1. The molecule has 6 heteroatoms. The van der Waals surface area contributed by atoms with Crippen LogP contribution in [0.2, 0.25) is 0 Å². The molecule has 2 heterocycles. The number of likely N-dealkylation sites (tertiary alicyclic amines) is 1. The van der Waals surface area contributed by atoms with Gasteiger partial charge in [0, 0.05) is 36.6 Å². The van der Waals surface area contributed by atoms with Crippen LogP contribution in [0.25, 0.3) is 0 Å². The Bertz CT molecular complexity index is 476. The van der Waals surface area contributed by atoms with Gasteiger partial charge in [-0.3, -0.25) is 0 Å². The van der Waals surface area contributed by atoms with Crippen LogP contribution < -0.4 is 5.32 Å². The van der Waals surface area contributed by atoms with Gasteiger partial charge >= 0.3 is 6.03 Å². The number of nitrogens with zero attached hydrogens (tertiary/aromatic N) is 2. The summed E-state index contributed by atoms with van der Waals surface area (Å²) in [4.78, 5) is 18.4. The zero-order valence-corrected chi connectivity index (χ0v) is 14.4. The first-order chi connectivity index (χ1) is 10.6. The molecule has 0 aromatic carbocycles. The Morgan fingerprint density at radius 2 is 2.41 bits per heavy atom. The average Bonchev–Trinajstić information content (AvgIpc) is 2.92. The van der Waals surface area contributed by atoms with Crippen molar-refractivity contribution >= 4 is 17.4 Å². The number of carbonyl (C=O) groups is 1. The highest BCUT2D eigenvalue weighted by atomic mass is 32.1. The molecule has 0 spiro atoms. The number of aryl methyl sites for hydroxylation is 2. The Balaban J connectivity index is 1.61. The van der Waals surface area contributed by atoms with Gasteiger partial charge < -0.3 is 15.3 Å². The third-order valence-corrected chi connectivity index (χ3v) is 5.21. The van der Waals surface area contributed by atoms with Crippen molar-refractivity contribution in [1.29, 1.82) is 0 Å². The van der Waals surface area contributed by atoms with Crippen LogP contribution in [-0.4, -0.2) is 46.8 Å². The predicted molar refractivity (Wildman–Crippen MR) is 89.2 cm³/mol. The van der Waals surface area contributed by atoms with Crippen molar-refractivity contribution < 1.29 is 9.90 Å². The average molecular weight is 325 g/mol. The number of aliphatic hydroxyl groups is 1. The van der Waals surface area contributed by atoms with Crippen LogP contribution in [0.3, 0.4) is 0 Å². The Morgan fingerprint density at radius 3 is 3.09 bits per heavy atom. The molecule has 2 amide bonds. The number of carbonyl (C=O) groups excluding carboxylic acids is 1. The van der Waals surface area contributed by atoms with E-state index in [0.29, 0.717) is 13.1 Å². The van der Waals surface area contributed by atoms with Gasteiger partial charge in [-0.1, -0.05) is 0 Å². The van der Waals surface area contributed by atoms with Crippen LogP contribution >= 0.6 is 11.3 Å². The number of rotatable bonds is 6. The molecule has 0 radical (unpaired) electrons. The molecule has 1 fully saturated rings. The smallest absolute Gasteiger partial charge is 0.317 e. The van der Waals surface area contributed by atoms with Gasteiger partial charge in [0.1, 0.15) is 0 Å². The lowest BCUT2D eigenvalue weighted by Crippen LogP contribution is -2.47. The molecule has 0 aliphatic carbocycles. The lowest BCUT2D eigenvalue weighted by Gasteiger charge is -2.34. The van der Waals surface area contributed by atoms with E-state index in [1.807, 2.05) is 18.7 Å². The molecule has 1 aromatic heterocycles. The molecule has 0 saturated carbocycles. The first-order valence-electron chi connectivity index (χ1n) is 8.18. The van der Waals surface area contributed by atoms with Gasteiger partial charge in [-0.15, -0.1) is 11.3 Å². The van der Waals surface area contributed by atoms with Crippen molar-refractivity contribution in [1.82, 2.24) is 15.2 Å². The van der Waals surface area contributed by atoms with E-state index in [9.17, 15) is 9.90 Å². The summed E-state index contributed by atoms with van der Waals surface area (Å²) < 4.78 is 0. The Kier molecular flexibility index (Phi) is 6.64. The minimum Gasteiger partial charge on any atom is -0.393 e. The van der Waals surface area contributed by atoms with E-state index < -0.39 is 0 Å². The lowest BCUT2D eigenvalue weighted by atomic mass is 9.94. The standard InChI is InChI=1S/C16H27N3O2S/c1-12-11-22-15(18-12)7-3-4-8-17-16(21)19-9-5-6-14(10-19)13(2)20/h11,13-14,20H,3-10H2,1-2H3,(H,17,21). The topological polar surface area (TPSA) is 65.5 Å². The maximum absolute atomic E-state index is 12.1. The second kappa shape index (κ2) is 8.48. The van der Waals surface area contributed by atoms with Gasteiger partial charge in [0.2, 0.25) is 0 Å². The molecule has 1 aromatic rings. The molecule has 124 valence electrons. The van der Waals surface area contributed by atoms with Crippen molar-refractivity contribution in [2.75, 3.05) is 19.6 Å². The van der Waals surface area contributed by atoms with Crippen LogP contribution in [0.15, 0.2) is 5.38 Å². The van der Waals surface area contributed by atoms with Crippen molar-refractivity contribution in [2.45, 2.75) is 52.1 Å². The van der Waals surface area contributed by atoms with Gasteiger partial charge in [0.25, 0.3) is 0 Å². The number of piperidine rings is 1. The zero-order valence-electron chi connectivity index (χ0n) is 13.5. The summed E-state index contributed by atoms with van der Waals surface area (Å²) in [5, 5.41) is 15.9. The monoisotopic (exact) mass is 325 g/mol. The van der Waals surface area contributed by atoms with Crippen LogP contribution in [0.5, 0.6) is 0 Å². The summed E-state index contributed by atoms with van der Waals surface area (Å²) in [6.07, 6.45) is 4.66. The summed E-state index contributed by atoms with van der Waals surface area (Å²) in [5.74, 6) is 0.215. The van der Waals surface area contributed by atoms with Crippen molar-refractivity contribution in [3.05, 3.63) is 16.1 Å². The van der Waals surface area contributed by atoms with Gasteiger partial charge in [-0.2, -0.15) is 0 Å². The van der Waals surface area contributed by atoms with E-state index >= 15 is 0 Å². The Labute approximate surface area is 136 Å². The van der Waals surface area contributed by atoms with E-state index in [-0.39, 0.29) is 18.1 Å². The maximum atomic E-state index is 12.1. The van der Waals surface area contributed by atoms with E-state index in [4.69, 9.17) is 0 Å². The molecular weight excluding hydrogens is 298 g/mol. The number of aliphatic hydroxyl groups excluding tert-OH is 1. The highest BCUT2D eigenvalue weighted by Crippen LogP contribution is 2.19. The fourth-order valence-electron chi connectivity index (χ4n) is 2.81. The number of aromatic nitrogens is 1. The second-order valence-electron chi connectivity index (χ2n) is 6.16. The van der Waals surface area contributed by atoms with Gasteiger partial charge in [0.05, 0.1) is 11.1 Å². The van der Waals surface area contributed by atoms with E-state index in [0.717, 1.165) is 44.3 Å². The Morgan fingerprint density at radius 1 is 1.59 bits per heavy atom. The number of urea groups is 1. The quantitative estimate of drug-likeness (QED) is 0.790.